The topological polar surface area (TPSA) is 65.0 Å². The van der Waals surface area contributed by atoms with Gasteiger partial charge < -0.3 is 10.2 Å². The van der Waals surface area contributed by atoms with Crippen molar-refractivity contribution in [3.05, 3.63) is 35.4 Å². The SMILES string of the molecule is CCNC(=NCCS(=O)(=O)N(CC)CC)N(C)Cc1ccccc1C.I. The molecule has 0 heterocycles. The van der Waals surface area contributed by atoms with Crippen LogP contribution in [0, 0.1) is 6.92 Å². The lowest BCUT2D eigenvalue weighted by molar-refractivity contribution is 0.445. The highest BCUT2D eigenvalue weighted by atomic mass is 127. The first kappa shape index (κ1) is 25.1. The molecule has 0 radical (unpaired) electrons. The smallest absolute Gasteiger partial charge is 0.215 e. The molecule has 0 aliphatic heterocycles. The van der Waals surface area contributed by atoms with Gasteiger partial charge in [-0.05, 0) is 25.0 Å². The Hall–Kier alpha value is -0.870. The molecule has 0 spiro atoms. The molecule has 0 saturated heterocycles. The van der Waals surface area contributed by atoms with Crippen molar-refractivity contribution in [1.29, 1.82) is 0 Å². The van der Waals surface area contributed by atoms with Gasteiger partial charge in [0.2, 0.25) is 10.0 Å². The molecule has 0 bridgehead atoms. The predicted octanol–water partition coefficient (Wildman–Crippen LogP) is 2.68. The number of hydrogen-bond donors (Lipinski definition) is 1. The van der Waals surface area contributed by atoms with Gasteiger partial charge in [-0.25, -0.2) is 12.7 Å². The van der Waals surface area contributed by atoms with Crippen molar-refractivity contribution in [3.63, 3.8) is 0 Å². The summed E-state index contributed by atoms with van der Waals surface area (Å²) in [6.07, 6.45) is 0. The number of hydrogen-bond acceptors (Lipinski definition) is 3. The molecule has 0 aromatic heterocycles. The van der Waals surface area contributed by atoms with E-state index in [0.717, 1.165) is 19.0 Å². The quantitative estimate of drug-likeness (QED) is 0.325. The van der Waals surface area contributed by atoms with Crippen LogP contribution >= 0.6 is 24.0 Å². The lowest BCUT2D eigenvalue weighted by Crippen LogP contribution is -2.39. The Balaban J connectivity index is 0.00000625. The molecule has 6 nitrogen and oxygen atoms in total. The molecule has 1 aromatic carbocycles. The number of aryl methyl sites for hydroxylation is 1. The van der Waals surface area contributed by atoms with Gasteiger partial charge in [-0.3, -0.25) is 4.99 Å². The highest BCUT2D eigenvalue weighted by Crippen LogP contribution is 2.09. The van der Waals surface area contributed by atoms with Gasteiger partial charge in [0.05, 0.1) is 12.3 Å². The highest BCUT2D eigenvalue weighted by molar-refractivity contribution is 14.0. The van der Waals surface area contributed by atoms with Gasteiger partial charge in [0.25, 0.3) is 0 Å². The fourth-order valence-corrected chi connectivity index (χ4v) is 3.97. The molecule has 0 fully saturated rings. The number of sulfonamides is 1. The number of guanidine groups is 1. The van der Waals surface area contributed by atoms with Crippen LogP contribution in [0.1, 0.15) is 31.9 Å². The number of benzene rings is 1. The largest absolute Gasteiger partial charge is 0.357 e. The lowest BCUT2D eigenvalue weighted by Gasteiger charge is -2.23. The first-order valence-electron chi connectivity index (χ1n) is 8.87. The molecule has 0 unspecified atom stereocenters. The summed E-state index contributed by atoms with van der Waals surface area (Å²) >= 11 is 0. The van der Waals surface area contributed by atoms with Crippen LogP contribution in [0.25, 0.3) is 0 Å². The molecule has 26 heavy (non-hydrogen) atoms. The molecule has 0 aliphatic rings. The third kappa shape index (κ3) is 7.79. The van der Waals surface area contributed by atoms with E-state index in [4.69, 9.17) is 0 Å². The van der Waals surface area contributed by atoms with Crippen LogP contribution < -0.4 is 5.32 Å². The summed E-state index contributed by atoms with van der Waals surface area (Å²) in [6, 6.07) is 8.23. The Bertz CT molecular complexity index is 661. The summed E-state index contributed by atoms with van der Waals surface area (Å²) in [5.41, 5.74) is 2.46. The summed E-state index contributed by atoms with van der Waals surface area (Å²) in [6.45, 7) is 10.5. The van der Waals surface area contributed by atoms with E-state index in [2.05, 4.69) is 29.4 Å². The maximum Gasteiger partial charge on any atom is 0.215 e. The minimum atomic E-state index is -3.24. The molecule has 0 atom stereocenters. The summed E-state index contributed by atoms with van der Waals surface area (Å²) in [4.78, 5) is 6.52. The van der Waals surface area contributed by atoms with Crippen molar-refractivity contribution in [2.45, 2.75) is 34.2 Å². The van der Waals surface area contributed by atoms with Crippen LogP contribution in [-0.2, 0) is 16.6 Å². The van der Waals surface area contributed by atoms with Crippen molar-refractivity contribution in [1.82, 2.24) is 14.5 Å². The first-order valence-corrected chi connectivity index (χ1v) is 10.5. The molecular formula is C18H33IN4O2S. The molecule has 0 aliphatic carbocycles. The minimum absolute atomic E-state index is 0. The zero-order valence-corrected chi connectivity index (χ0v) is 19.7. The van der Waals surface area contributed by atoms with Crippen LogP contribution in [0.15, 0.2) is 29.3 Å². The monoisotopic (exact) mass is 496 g/mol. The number of nitrogens with zero attached hydrogens (tertiary/aromatic N) is 3. The van der Waals surface area contributed by atoms with Crippen LogP contribution in [0.4, 0.5) is 0 Å². The van der Waals surface area contributed by atoms with Crippen molar-refractivity contribution < 1.29 is 8.42 Å². The van der Waals surface area contributed by atoms with Crippen molar-refractivity contribution >= 4 is 40.0 Å². The summed E-state index contributed by atoms with van der Waals surface area (Å²) in [5.74, 6) is 0.752. The first-order chi connectivity index (χ1) is 11.9. The molecule has 0 saturated carbocycles. The van der Waals surface area contributed by atoms with Crippen molar-refractivity contribution in [2.75, 3.05) is 39.0 Å². The number of halogens is 1. The Labute approximate surface area is 176 Å². The standard InChI is InChI=1S/C18H32N4O2S.HI/c1-6-19-18(20-13-14-25(23,24)22(7-2)8-3)21(5)15-17-12-10-9-11-16(17)4;/h9-12H,6-8,13-15H2,1-5H3,(H,19,20);1H. The Kier molecular flexibility index (Phi) is 12.1. The second-order valence-electron chi connectivity index (χ2n) is 5.92. The Morgan fingerprint density at radius 2 is 1.77 bits per heavy atom. The summed E-state index contributed by atoms with van der Waals surface area (Å²) < 4.78 is 26.0. The van der Waals surface area contributed by atoms with Gasteiger partial charge in [-0.1, -0.05) is 38.1 Å². The second kappa shape index (κ2) is 12.5. The van der Waals surface area contributed by atoms with E-state index in [1.165, 1.54) is 15.4 Å². The third-order valence-corrected chi connectivity index (χ3v) is 6.08. The van der Waals surface area contributed by atoms with E-state index in [0.29, 0.717) is 13.1 Å². The van der Waals surface area contributed by atoms with Gasteiger partial charge in [-0.2, -0.15) is 0 Å². The number of nitrogens with one attached hydrogen (secondary N) is 1. The average molecular weight is 496 g/mol. The van der Waals surface area contributed by atoms with Gasteiger partial charge in [-0.15, -0.1) is 24.0 Å². The van der Waals surface area contributed by atoms with Crippen LogP contribution in [0.5, 0.6) is 0 Å². The lowest BCUT2D eigenvalue weighted by atomic mass is 10.1. The number of aliphatic imine (C=N–C) groups is 1. The maximum atomic E-state index is 12.3. The fourth-order valence-electron chi connectivity index (χ4n) is 2.60. The molecule has 1 N–H and O–H groups in total. The zero-order chi connectivity index (χ0) is 18.9. The average Bonchev–Trinajstić information content (AvgIpc) is 2.56. The van der Waals surface area contributed by atoms with E-state index in [-0.39, 0.29) is 36.3 Å². The van der Waals surface area contributed by atoms with Crippen LogP contribution in [-0.4, -0.2) is 62.6 Å². The Morgan fingerprint density at radius 3 is 2.31 bits per heavy atom. The maximum absolute atomic E-state index is 12.3. The fraction of sp³-hybridized carbons (Fsp3) is 0.611. The number of rotatable bonds is 9. The molecular weight excluding hydrogens is 463 g/mol. The zero-order valence-electron chi connectivity index (χ0n) is 16.5. The van der Waals surface area contributed by atoms with E-state index in [1.807, 2.05) is 44.9 Å². The van der Waals surface area contributed by atoms with E-state index in [9.17, 15) is 8.42 Å². The van der Waals surface area contributed by atoms with Gasteiger partial charge in [0.15, 0.2) is 5.96 Å². The van der Waals surface area contributed by atoms with E-state index >= 15 is 0 Å². The summed E-state index contributed by atoms with van der Waals surface area (Å²) in [7, 11) is -1.28. The van der Waals surface area contributed by atoms with Gasteiger partial charge in [0, 0.05) is 33.2 Å². The second-order valence-corrected chi connectivity index (χ2v) is 8.01. The van der Waals surface area contributed by atoms with Crippen molar-refractivity contribution in [3.8, 4) is 0 Å². The van der Waals surface area contributed by atoms with Crippen LogP contribution in [0.3, 0.4) is 0 Å². The van der Waals surface area contributed by atoms with Gasteiger partial charge >= 0.3 is 0 Å². The van der Waals surface area contributed by atoms with Crippen LogP contribution in [0.2, 0.25) is 0 Å². The third-order valence-electron chi connectivity index (χ3n) is 4.07. The van der Waals surface area contributed by atoms with Crippen molar-refractivity contribution in [2.24, 2.45) is 4.99 Å². The normalized spacial score (nSPS) is 12.0. The highest BCUT2D eigenvalue weighted by Gasteiger charge is 2.18. The Morgan fingerprint density at radius 1 is 1.15 bits per heavy atom. The molecule has 0 amide bonds. The molecule has 150 valence electrons. The molecule has 1 rings (SSSR count). The van der Waals surface area contributed by atoms with E-state index in [1.54, 1.807) is 0 Å². The van der Waals surface area contributed by atoms with Gasteiger partial charge in [0.1, 0.15) is 0 Å². The van der Waals surface area contributed by atoms with E-state index < -0.39 is 10.0 Å². The minimum Gasteiger partial charge on any atom is -0.357 e. The predicted molar refractivity (Wildman–Crippen MR) is 121 cm³/mol. The summed E-state index contributed by atoms with van der Waals surface area (Å²) in [5, 5.41) is 3.23. The molecule has 1 aromatic rings. The molecule has 8 heteroatoms.